The molecule has 1 heterocycles. The molecule has 0 aromatic carbocycles. The number of nitrogens with zero attached hydrogens (tertiary/aromatic N) is 2. The first kappa shape index (κ1) is 11.5. The van der Waals surface area contributed by atoms with Crippen molar-refractivity contribution in [2.45, 2.75) is 70.5 Å². The predicted molar refractivity (Wildman–Crippen MR) is 68.5 cm³/mol. The summed E-state index contributed by atoms with van der Waals surface area (Å²) in [5.41, 5.74) is 1.10. The molecule has 2 aliphatic carbocycles. The van der Waals surface area contributed by atoms with Crippen LogP contribution in [-0.4, -0.2) is 33.9 Å². The van der Waals surface area contributed by atoms with Gasteiger partial charge in [-0.15, -0.1) is 0 Å². The molecule has 0 radical (unpaired) electrons. The van der Waals surface area contributed by atoms with E-state index in [-0.39, 0.29) is 0 Å². The van der Waals surface area contributed by atoms with Gasteiger partial charge in [0.2, 0.25) is 0 Å². The van der Waals surface area contributed by atoms with E-state index in [2.05, 4.69) is 23.9 Å². The van der Waals surface area contributed by atoms with Gasteiger partial charge in [0.25, 0.3) is 0 Å². The fourth-order valence-electron chi connectivity index (χ4n) is 4.58. The van der Waals surface area contributed by atoms with Crippen LogP contribution >= 0.6 is 0 Å². The van der Waals surface area contributed by atoms with Crippen LogP contribution in [0.2, 0.25) is 0 Å². The highest BCUT2D eigenvalue weighted by atomic mass is 16.4. The summed E-state index contributed by atoms with van der Waals surface area (Å²) in [4.78, 5) is 2.66. The largest absolute Gasteiger partial charge is 0.411 e. The maximum absolute atomic E-state index is 9.32. The van der Waals surface area contributed by atoms with Gasteiger partial charge in [-0.2, -0.15) is 0 Å². The third kappa shape index (κ3) is 1.70. The molecule has 17 heavy (non-hydrogen) atoms. The number of fused-ring (bicyclic) bond motifs is 2. The lowest BCUT2D eigenvalue weighted by Gasteiger charge is -2.45. The summed E-state index contributed by atoms with van der Waals surface area (Å²) < 4.78 is 0. The zero-order valence-electron chi connectivity index (χ0n) is 11.0. The Kier molecular flexibility index (Phi) is 2.89. The van der Waals surface area contributed by atoms with Crippen LogP contribution in [0.5, 0.6) is 0 Å². The van der Waals surface area contributed by atoms with Crippen LogP contribution in [0.3, 0.4) is 0 Å². The van der Waals surface area contributed by atoms with Crippen LogP contribution in [0, 0.1) is 11.8 Å². The van der Waals surface area contributed by atoms with Crippen molar-refractivity contribution in [1.29, 1.82) is 0 Å². The second-order valence-corrected chi connectivity index (χ2v) is 6.32. The fraction of sp³-hybridized carbons (Fsp3) is 0.929. The second kappa shape index (κ2) is 4.27. The highest BCUT2D eigenvalue weighted by Gasteiger charge is 2.50. The maximum atomic E-state index is 9.32. The van der Waals surface area contributed by atoms with Crippen LogP contribution in [-0.2, 0) is 0 Å². The Morgan fingerprint density at radius 1 is 1.12 bits per heavy atom. The topological polar surface area (TPSA) is 35.8 Å². The lowest BCUT2D eigenvalue weighted by Crippen LogP contribution is -2.55. The molecule has 3 fully saturated rings. The van der Waals surface area contributed by atoms with Crippen LogP contribution in [0.15, 0.2) is 5.16 Å². The molecule has 0 aromatic rings. The minimum atomic E-state index is 0.448. The zero-order chi connectivity index (χ0) is 12.0. The highest BCUT2D eigenvalue weighted by Crippen LogP contribution is 2.47. The Labute approximate surface area is 104 Å². The van der Waals surface area contributed by atoms with Gasteiger partial charge >= 0.3 is 0 Å². The molecule has 1 N–H and O–H groups in total. The van der Waals surface area contributed by atoms with Crippen molar-refractivity contribution in [2.75, 3.05) is 0 Å². The van der Waals surface area contributed by atoms with Crippen LogP contribution in [0.1, 0.15) is 52.4 Å². The first-order valence-electron chi connectivity index (χ1n) is 7.21. The Bertz CT molecular complexity index is 318. The lowest BCUT2D eigenvalue weighted by atomic mass is 9.86. The third-order valence-electron chi connectivity index (χ3n) is 5.34. The molecule has 96 valence electrons. The van der Waals surface area contributed by atoms with Crippen molar-refractivity contribution in [2.24, 2.45) is 17.0 Å². The van der Waals surface area contributed by atoms with Gasteiger partial charge in [0.05, 0.1) is 11.8 Å². The smallest absolute Gasteiger partial charge is 0.0775 e. The first-order valence-corrected chi connectivity index (χ1v) is 7.21. The van der Waals surface area contributed by atoms with E-state index < -0.39 is 0 Å². The quantitative estimate of drug-likeness (QED) is 0.561. The van der Waals surface area contributed by atoms with E-state index >= 15 is 0 Å². The SMILES string of the molecule is C[C@@H]1CCC[C@H](C)N1[C@H]1/C(=N\O)[C@H]2CC[C@H]1C2. The number of oxime groups is 1. The van der Waals surface area contributed by atoms with Gasteiger partial charge in [0.1, 0.15) is 0 Å². The van der Waals surface area contributed by atoms with Crippen molar-refractivity contribution in [1.82, 2.24) is 4.90 Å². The summed E-state index contributed by atoms with van der Waals surface area (Å²) >= 11 is 0. The molecule has 5 atom stereocenters. The Hall–Kier alpha value is -0.570. The van der Waals surface area contributed by atoms with Crippen LogP contribution < -0.4 is 0 Å². The molecule has 3 aliphatic rings. The monoisotopic (exact) mass is 236 g/mol. The number of likely N-dealkylation sites (tertiary alicyclic amines) is 1. The molecule has 0 spiro atoms. The molecule has 2 saturated carbocycles. The van der Waals surface area contributed by atoms with Gasteiger partial charge in [-0.05, 0) is 51.9 Å². The van der Waals surface area contributed by atoms with Crippen LogP contribution in [0.25, 0.3) is 0 Å². The van der Waals surface area contributed by atoms with E-state index in [4.69, 9.17) is 0 Å². The van der Waals surface area contributed by atoms with E-state index in [1.54, 1.807) is 0 Å². The molecule has 0 unspecified atom stereocenters. The average molecular weight is 236 g/mol. The average Bonchev–Trinajstić information content (AvgIpc) is 2.89. The van der Waals surface area contributed by atoms with Gasteiger partial charge in [0, 0.05) is 18.0 Å². The lowest BCUT2D eigenvalue weighted by molar-refractivity contribution is 0.0602. The van der Waals surface area contributed by atoms with Crippen molar-refractivity contribution < 1.29 is 5.21 Å². The molecule has 3 rings (SSSR count). The van der Waals surface area contributed by atoms with Crippen molar-refractivity contribution in [3.05, 3.63) is 0 Å². The number of piperidine rings is 1. The van der Waals surface area contributed by atoms with E-state index in [1.807, 2.05) is 0 Å². The maximum Gasteiger partial charge on any atom is 0.0775 e. The van der Waals surface area contributed by atoms with E-state index in [9.17, 15) is 5.21 Å². The normalized spacial score (nSPS) is 49.1. The van der Waals surface area contributed by atoms with Gasteiger partial charge in [-0.3, -0.25) is 4.90 Å². The van der Waals surface area contributed by atoms with Gasteiger partial charge in [0.15, 0.2) is 0 Å². The Morgan fingerprint density at radius 3 is 2.47 bits per heavy atom. The summed E-state index contributed by atoms with van der Waals surface area (Å²) in [6.45, 7) is 4.69. The molecule has 0 aromatic heterocycles. The Balaban J connectivity index is 1.87. The number of hydrogen-bond acceptors (Lipinski definition) is 3. The molecule has 3 nitrogen and oxygen atoms in total. The summed E-state index contributed by atoms with van der Waals surface area (Å²) in [5.74, 6) is 1.34. The van der Waals surface area contributed by atoms with Gasteiger partial charge in [-0.1, -0.05) is 11.6 Å². The number of hydrogen-bond donors (Lipinski definition) is 1. The van der Waals surface area contributed by atoms with E-state index in [0.29, 0.717) is 24.0 Å². The number of rotatable bonds is 1. The summed E-state index contributed by atoms with van der Waals surface area (Å²) in [6.07, 6.45) is 7.81. The highest BCUT2D eigenvalue weighted by molar-refractivity contribution is 5.94. The molecular formula is C14H24N2O. The first-order chi connectivity index (χ1) is 8.22. The molecular weight excluding hydrogens is 212 g/mol. The molecule has 1 aliphatic heterocycles. The third-order valence-corrected chi connectivity index (χ3v) is 5.34. The van der Waals surface area contributed by atoms with Crippen molar-refractivity contribution >= 4 is 5.71 Å². The Morgan fingerprint density at radius 2 is 1.82 bits per heavy atom. The summed E-state index contributed by atoms with van der Waals surface area (Å²) in [6, 6.07) is 1.75. The predicted octanol–water partition coefficient (Wildman–Crippen LogP) is 2.88. The second-order valence-electron chi connectivity index (χ2n) is 6.32. The minimum absolute atomic E-state index is 0.448. The summed E-state index contributed by atoms with van der Waals surface area (Å²) in [5, 5.41) is 13.0. The van der Waals surface area contributed by atoms with Gasteiger partial charge < -0.3 is 5.21 Å². The zero-order valence-corrected chi connectivity index (χ0v) is 11.0. The molecule has 3 heteroatoms. The minimum Gasteiger partial charge on any atom is -0.411 e. The molecule has 0 amide bonds. The standard InChI is InChI=1S/C14H24N2O/c1-9-4-3-5-10(2)16(9)14-12-7-6-11(8-12)13(14)15-17/h9-12,14,17H,3-8H2,1-2H3/b15-13-/t9-,10+,11-,12-,14+/m0/s1. The molecule has 1 saturated heterocycles. The van der Waals surface area contributed by atoms with Crippen molar-refractivity contribution in [3.63, 3.8) is 0 Å². The summed E-state index contributed by atoms with van der Waals surface area (Å²) in [7, 11) is 0. The fourth-order valence-corrected chi connectivity index (χ4v) is 4.58. The van der Waals surface area contributed by atoms with E-state index in [0.717, 1.165) is 11.6 Å². The van der Waals surface area contributed by atoms with Crippen molar-refractivity contribution in [3.8, 4) is 0 Å². The van der Waals surface area contributed by atoms with Crippen LogP contribution in [0.4, 0.5) is 0 Å². The van der Waals surface area contributed by atoms with Gasteiger partial charge in [-0.25, -0.2) is 0 Å². The van der Waals surface area contributed by atoms with E-state index in [1.165, 1.54) is 38.5 Å². The molecule has 2 bridgehead atoms.